The number of nitrogens with zero attached hydrogens (tertiary/aromatic N) is 2. The van der Waals surface area contributed by atoms with Gasteiger partial charge in [0.2, 0.25) is 0 Å². The third-order valence-corrected chi connectivity index (χ3v) is 3.37. The Bertz CT molecular complexity index is 347. The van der Waals surface area contributed by atoms with Gasteiger partial charge in [0.1, 0.15) is 0 Å². The fourth-order valence-corrected chi connectivity index (χ4v) is 2.28. The second-order valence-electron chi connectivity index (χ2n) is 3.03. The van der Waals surface area contributed by atoms with Crippen LogP contribution in [0.1, 0.15) is 13.3 Å². The van der Waals surface area contributed by atoms with Gasteiger partial charge in [0.15, 0.2) is 5.37 Å². The third kappa shape index (κ3) is 4.51. The summed E-state index contributed by atoms with van der Waals surface area (Å²) in [7, 11) is -4.02. The van der Waals surface area contributed by atoms with Crippen LogP contribution < -0.4 is 0 Å². The van der Waals surface area contributed by atoms with Crippen molar-refractivity contribution in [1.82, 2.24) is 9.80 Å². The van der Waals surface area contributed by atoms with E-state index in [4.69, 9.17) is 4.55 Å². The van der Waals surface area contributed by atoms with E-state index in [0.29, 0.717) is 13.1 Å². The monoisotopic (exact) mass is 304 g/mol. The molecule has 0 aromatic carbocycles. The van der Waals surface area contributed by atoms with Gasteiger partial charge in [-0.15, -0.1) is 0 Å². The molecular weight excluding hydrogens is 291 g/mol. The molecule has 5 nitrogen and oxygen atoms in total. The van der Waals surface area contributed by atoms with Crippen molar-refractivity contribution in [2.24, 2.45) is 0 Å². The molecule has 88 valence electrons. The van der Waals surface area contributed by atoms with Crippen molar-refractivity contribution in [2.45, 2.75) is 18.7 Å². The minimum atomic E-state index is -4.02. The first kappa shape index (κ1) is 16.1. The Morgan fingerprint density at radius 2 is 2.19 bits per heavy atom. The van der Waals surface area contributed by atoms with Gasteiger partial charge in [-0.3, -0.25) is 4.55 Å². The topological polar surface area (TPSA) is 60.9 Å². The summed E-state index contributed by atoms with van der Waals surface area (Å²) < 4.78 is 30.9. The van der Waals surface area contributed by atoms with Crippen LogP contribution in [0.3, 0.4) is 0 Å². The molecule has 1 heterocycles. The van der Waals surface area contributed by atoms with Gasteiger partial charge in [0.05, 0.1) is 6.67 Å². The van der Waals surface area contributed by atoms with Crippen LogP contribution in [-0.4, -0.2) is 50.6 Å². The first-order chi connectivity index (χ1) is 7.49. The molecule has 1 atom stereocenters. The molecule has 0 fully saturated rings. The molecule has 0 bridgehead atoms. The standard InChI is InChI=1S/C8H14N2O3S.BrH.Li/c1-3-8(14(11,12)13)10-6-5-9(4-2)7-10;;/h4-6,8H,2-3,7H2,1H3,(H,11,12,13);1H;/q;;+1/p-1. The molecule has 16 heavy (non-hydrogen) atoms. The van der Waals surface area contributed by atoms with E-state index in [2.05, 4.69) is 20.3 Å². The molecule has 1 rings (SSSR count). The Balaban J connectivity index is 0.00000106. The molecule has 0 aromatic rings. The quantitative estimate of drug-likeness (QED) is 0.626. The second kappa shape index (κ2) is 7.40. The Morgan fingerprint density at radius 3 is 2.50 bits per heavy atom. The summed E-state index contributed by atoms with van der Waals surface area (Å²) in [6, 6.07) is 0. The van der Waals surface area contributed by atoms with Crippen molar-refractivity contribution in [1.29, 1.82) is 0 Å². The maximum absolute atomic E-state index is 11.0. The number of rotatable bonds is 4. The zero-order valence-electron chi connectivity index (χ0n) is 9.38. The van der Waals surface area contributed by atoms with Crippen LogP contribution in [0.4, 0.5) is 0 Å². The van der Waals surface area contributed by atoms with E-state index in [1.54, 1.807) is 35.3 Å². The molecule has 1 N–H and O–H groups in total. The molecule has 0 aromatic heterocycles. The van der Waals surface area contributed by atoms with Crippen LogP contribution in [0.2, 0.25) is 0 Å². The summed E-state index contributed by atoms with van der Waals surface area (Å²) >= 11 is 4.75. The fourth-order valence-electron chi connectivity index (χ4n) is 1.38. The summed E-state index contributed by atoms with van der Waals surface area (Å²) in [5.74, 6) is 0. The zero-order chi connectivity index (χ0) is 12.8. The van der Waals surface area contributed by atoms with Crippen LogP contribution in [0.25, 0.3) is 0 Å². The van der Waals surface area contributed by atoms with E-state index in [-0.39, 0.29) is 0 Å². The molecule has 0 aliphatic carbocycles. The molecule has 0 radical (unpaired) electrons. The summed E-state index contributed by atoms with van der Waals surface area (Å²) in [4.78, 5) is 3.28. The average molecular weight is 305 g/mol. The molecule has 0 saturated heterocycles. The summed E-state index contributed by atoms with van der Waals surface area (Å²) in [5, 5.41) is -0.872. The van der Waals surface area contributed by atoms with Crippen molar-refractivity contribution >= 4 is 39.7 Å². The number of hydrogen-bond donors (Lipinski definition) is 1. The SMILES string of the molecule is C=CN1C=CN(C(CC)S(=O)(=O)O)C1.[Li][Br]. The van der Waals surface area contributed by atoms with Gasteiger partial charge in [-0.1, -0.05) is 13.5 Å². The fraction of sp³-hybridized carbons (Fsp3) is 0.500. The predicted molar refractivity (Wildman–Crippen MR) is 68.2 cm³/mol. The average Bonchev–Trinajstić information content (AvgIpc) is 2.68. The summed E-state index contributed by atoms with van der Waals surface area (Å²) in [6.45, 7) is 5.68. The normalized spacial score (nSPS) is 16.8. The Morgan fingerprint density at radius 1 is 1.62 bits per heavy atom. The maximum atomic E-state index is 11.0. The van der Waals surface area contributed by atoms with Crippen LogP contribution in [0.15, 0.2) is 25.2 Å². The van der Waals surface area contributed by atoms with Gasteiger partial charge in [-0.2, -0.15) is 8.42 Å². The van der Waals surface area contributed by atoms with E-state index >= 15 is 0 Å². The van der Waals surface area contributed by atoms with Crippen molar-refractivity contribution in [3.8, 4) is 0 Å². The van der Waals surface area contributed by atoms with Gasteiger partial charge in [-0.05, 0) is 12.6 Å². The third-order valence-electron chi connectivity index (χ3n) is 2.07. The summed E-state index contributed by atoms with van der Waals surface area (Å²) in [5.41, 5.74) is 0. The number of halogens is 1. The second-order valence-corrected chi connectivity index (χ2v) is 4.60. The molecule has 8 heteroatoms. The molecular formula is C8H14BrLiN2O3S. The van der Waals surface area contributed by atoms with E-state index in [1.165, 1.54) is 0 Å². The summed E-state index contributed by atoms with van der Waals surface area (Å²) in [6.07, 6.45) is 5.27. The number of hydrogen-bond acceptors (Lipinski definition) is 4. The van der Waals surface area contributed by atoms with Crippen LogP contribution in [0.5, 0.6) is 0 Å². The van der Waals surface area contributed by atoms with Gasteiger partial charge >= 0.3 is 29.5 Å². The Hall–Kier alpha value is 0.0674. The van der Waals surface area contributed by atoms with Gasteiger partial charge < -0.3 is 9.80 Å². The molecule has 1 unspecified atom stereocenters. The van der Waals surface area contributed by atoms with E-state index in [9.17, 15) is 8.42 Å². The van der Waals surface area contributed by atoms with Crippen LogP contribution >= 0.6 is 13.7 Å². The van der Waals surface area contributed by atoms with Crippen molar-refractivity contribution in [3.05, 3.63) is 25.2 Å². The molecule has 0 amide bonds. The molecule has 0 spiro atoms. The Labute approximate surface area is 113 Å². The molecule has 1 aliphatic heterocycles. The van der Waals surface area contributed by atoms with E-state index in [1.807, 2.05) is 15.8 Å². The van der Waals surface area contributed by atoms with Crippen molar-refractivity contribution < 1.29 is 13.0 Å². The van der Waals surface area contributed by atoms with Gasteiger partial charge in [0.25, 0.3) is 10.1 Å². The molecule has 0 saturated carbocycles. The van der Waals surface area contributed by atoms with Gasteiger partial charge in [0, 0.05) is 12.4 Å². The van der Waals surface area contributed by atoms with Crippen molar-refractivity contribution in [2.75, 3.05) is 6.67 Å². The van der Waals surface area contributed by atoms with E-state index < -0.39 is 15.5 Å². The Kier molecular flexibility index (Phi) is 7.44. The van der Waals surface area contributed by atoms with E-state index in [0.717, 1.165) is 0 Å². The first-order valence-corrected chi connectivity index (χ1v) is 7.74. The predicted octanol–water partition coefficient (Wildman–Crippen LogP) is 1.26. The first-order valence-electron chi connectivity index (χ1n) is 4.65. The van der Waals surface area contributed by atoms with Crippen molar-refractivity contribution in [3.63, 3.8) is 0 Å². The van der Waals surface area contributed by atoms with Crippen LogP contribution in [-0.2, 0) is 10.1 Å². The van der Waals surface area contributed by atoms with Crippen LogP contribution in [0, 0.1) is 0 Å². The van der Waals surface area contributed by atoms with Gasteiger partial charge in [-0.25, -0.2) is 0 Å². The minimum absolute atomic E-state index is 0.341. The zero-order valence-corrected chi connectivity index (χ0v) is 11.8. The molecule has 1 aliphatic rings.